The van der Waals surface area contributed by atoms with Crippen LogP contribution in [0, 0.1) is 5.92 Å². The van der Waals surface area contributed by atoms with Crippen molar-refractivity contribution in [1.29, 1.82) is 0 Å². The van der Waals surface area contributed by atoms with Crippen molar-refractivity contribution in [3.8, 4) is 0 Å². The summed E-state index contributed by atoms with van der Waals surface area (Å²) >= 11 is 0. The van der Waals surface area contributed by atoms with Gasteiger partial charge in [-0.05, 0) is 36.4 Å². The molecule has 2 aliphatic heterocycles. The maximum absolute atomic E-state index is 3.68. The Morgan fingerprint density at radius 2 is 1.94 bits per heavy atom. The first-order chi connectivity index (χ1) is 8.33. The Morgan fingerprint density at radius 3 is 2.59 bits per heavy atom. The highest BCUT2D eigenvalue weighted by atomic mass is 15.2. The van der Waals surface area contributed by atoms with Gasteiger partial charge in [-0.3, -0.25) is 4.90 Å². The molecule has 2 aliphatic rings. The zero-order chi connectivity index (χ0) is 11.7. The number of benzene rings is 1. The van der Waals surface area contributed by atoms with Crippen LogP contribution in [0.15, 0.2) is 24.3 Å². The van der Waals surface area contributed by atoms with Crippen LogP contribution in [0.1, 0.15) is 30.9 Å². The molecule has 2 unspecified atom stereocenters. The second-order valence-electron chi connectivity index (χ2n) is 5.62. The second kappa shape index (κ2) is 4.79. The molecule has 2 nitrogen and oxygen atoms in total. The third-order valence-electron chi connectivity index (χ3n) is 4.29. The smallest absolute Gasteiger partial charge is 0.0241 e. The lowest BCUT2D eigenvalue weighted by atomic mass is 9.92. The summed E-state index contributed by atoms with van der Waals surface area (Å²) in [4.78, 5) is 2.59. The van der Waals surface area contributed by atoms with Gasteiger partial charge in [-0.2, -0.15) is 0 Å². The highest BCUT2D eigenvalue weighted by Gasteiger charge is 2.26. The number of nitrogens with one attached hydrogen (secondary N) is 1. The van der Waals surface area contributed by atoms with Crippen LogP contribution in [-0.4, -0.2) is 24.0 Å². The van der Waals surface area contributed by atoms with Crippen molar-refractivity contribution < 1.29 is 0 Å². The van der Waals surface area contributed by atoms with Gasteiger partial charge in [0.25, 0.3) is 0 Å². The summed E-state index contributed by atoms with van der Waals surface area (Å²) in [5.74, 6) is 0.826. The summed E-state index contributed by atoms with van der Waals surface area (Å²) in [6, 6.07) is 9.55. The monoisotopic (exact) mass is 230 g/mol. The highest BCUT2D eigenvalue weighted by Crippen LogP contribution is 2.24. The van der Waals surface area contributed by atoms with E-state index in [1.807, 2.05) is 0 Å². The number of rotatable bonds is 2. The quantitative estimate of drug-likeness (QED) is 0.839. The Bertz CT molecular complexity index is 363. The molecule has 0 aromatic heterocycles. The Labute approximate surface area is 104 Å². The molecule has 0 spiro atoms. The summed E-state index contributed by atoms with van der Waals surface area (Å²) in [5, 5.41) is 3.68. The van der Waals surface area contributed by atoms with E-state index in [2.05, 4.69) is 41.4 Å². The number of hydrogen-bond donors (Lipinski definition) is 1. The molecule has 0 amide bonds. The van der Waals surface area contributed by atoms with E-state index in [1.54, 1.807) is 0 Å². The molecule has 0 saturated carbocycles. The fourth-order valence-electron chi connectivity index (χ4n) is 3.17. The van der Waals surface area contributed by atoms with Gasteiger partial charge in [0.1, 0.15) is 0 Å². The van der Waals surface area contributed by atoms with Crippen LogP contribution >= 0.6 is 0 Å². The molecule has 1 N–H and O–H groups in total. The average Bonchev–Trinajstić information content (AvgIpc) is 2.74. The van der Waals surface area contributed by atoms with Gasteiger partial charge in [-0.1, -0.05) is 31.2 Å². The number of nitrogens with zero attached hydrogens (tertiary/aromatic N) is 1. The predicted octanol–water partition coefficient (Wildman–Crippen LogP) is 2.39. The van der Waals surface area contributed by atoms with E-state index in [9.17, 15) is 0 Å². The molecular formula is C15H22N2. The molecular weight excluding hydrogens is 208 g/mol. The molecule has 1 aromatic carbocycles. The van der Waals surface area contributed by atoms with Gasteiger partial charge in [-0.25, -0.2) is 0 Å². The largest absolute Gasteiger partial charge is 0.312 e. The van der Waals surface area contributed by atoms with Crippen molar-refractivity contribution in [2.24, 2.45) is 5.92 Å². The maximum atomic E-state index is 3.68. The molecule has 0 radical (unpaired) electrons. The second-order valence-corrected chi connectivity index (χ2v) is 5.62. The van der Waals surface area contributed by atoms with E-state index in [4.69, 9.17) is 0 Å². The normalized spacial score (nSPS) is 29.2. The standard InChI is InChI=1S/C15H22N2/c1-12-5-4-8-16-15(12)11-17-9-13-6-2-3-7-14(13)10-17/h2-3,6-7,12,15-16H,4-5,8-11H2,1H3. The van der Waals surface area contributed by atoms with Crippen LogP contribution in [0.25, 0.3) is 0 Å². The van der Waals surface area contributed by atoms with Crippen molar-refractivity contribution in [3.05, 3.63) is 35.4 Å². The van der Waals surface area contributed by atoms with Gasteiger partial charge < -0.3 is 5.32 Å². The minimum Gasteiger partial charge on any atom is -0.312 e. The molecule has 1 fully saturated rings. The van der Waals surface area contributed by atoms with Crippen molar-refractivity contribution >= 4 is 0 Å². The summed E-state index contributed by atoms with van der Waals surface area (Å²) in [6.45, 7) is 7.08. The number of piperidine rings is 1. The topological polar surface area (TPSA) is 15.3 Å². The Balaban J connectivity index is 1.61. The van der Waals surface area contributed by atoms with E-state index in [1.165, 1.54) is 37.1 Å². The van der Waals surface area contributed by atoms with Gasteiger partial charge >= 0.3 is 0 Å². The first kappa shape index (κ1) is 11.2. The Hall–Kier alpha value is -0.860. The first-order valence-corrected chi connectivity index (χ1v) is 6.85. The van der Waals surface area contributed by atoms with Crippen molar-refractivity contribution in [1.82, 2.24) is 10.2 Å². The summed E-state index contributed by atoms with van der Waals surface area (Å²) in [7, 11) is 0. The minimum absolute atomic E-state index is 0.693. The molecule has 0 aliphatic carbocycles. The van der Waals surface area contributed by atoms with Gasteiger partial charge in [0.15, 0.2) is 0 Å². The van der Waals surface area contributed by atoms with Crippen LogP contribution < -0.4 is 5.32 Å². The van der Waals surface area contributed by atoms with E-state index in [0.29, 0.717) is 6.04 Å². The fourth-order valence-corrected chi connectivity index (χ4v) is 3.17. The highest BCUT2D eigenvalue weighted by molar-refractivity contribution is 5.30. The molecule has 92 valence electrons. The van der Waals surface area contributed by atoms with Gasteiger partial charge in [0.2, 0.25) is 0 Å². The molecule has 3 rings (SSSR count). The molecule has 2 heteroatoms. The summed E-state index contributed by atoms with van der Waals surface area (Å²) in [5.41, 5.74) is 3.05. The lowest BCUT2D eigenvalue weighted by molar-refractivity contribution is 0.192. The first-order valence-electron chi connectivity index (χ1n) is 6.85. The lowest BCUT2D eigenvalue weighted by Gasteiger charge is -2.33. The van der Waals surface area contributed by atoms with E-state index in [0.717, 1.165) is 19.0 Å². The number of hydrogen-bond acceptors (Lipinski definition) is 2. The molecule has 1 aromatic rings. The predicted molar refractivity (Wildman–Crippen MR) is 70.7 cm³/mol. The van der Waals surface area contributed by atoms with Gasteiger partial charge in [-0.15, -0.1) is 0 Å². The molecule has 1 saturated heterocycles. The molecule has 0 bridgehead atoms. The number of fused-ring (bicyclic) bond motifs is 1. The van der Waals surface area contributed by atoms with Crippen molar-refractivity contribution in [2.75, 3.05) is 13.1 Å². The Morgan fingerprint density at radius 1 is 1.24 bits per heavy atom. The third-order valence-corrected chi connectivity index (χ3v) is 4.29. The van der Waals surface area contributed by atoms with Crippen molar-refractivity contribution in [3.63, 3.8) is 0 Å². The Kier molecular flexibility index (Phi) is 3.17. The molecule has 17 heavy (non-hydrogen) atoms. The SMILES string of the molecule is CC1CCCNC1CN1Cc2ccccc2C1. The third kappa shape index (κ3) is 2.38. The van der Waals surface area contributed by atoms with Gasteiger partial charge in [0.05, 0.1) is 0 Å². The van der Waals surface area contributed by atoms with E-state index >= 15 is 0 Å². The zero-order valence-corrected chi connectivity index (χ0v) is 10.7. The van der Waals surface area contributed by atoms with Crippen molar-refractivity contribution in [2.45, 2.75) is 38.9 Å². The summed E-state index contributed by atoms with van der Waals surface area (Å²) < 4.78 is 0. The maximum Gasteiger partial charge on any atom is 0.0241 e. The van der Waals surface area contributed by atoms with Gasteiger partial charge in [0, 0.05) is 25.7 Å². The van der Waals surface area contributed by atoms with Crippen LogP contribution in [0.5, 0.6) is 0 Å². The fraction of sp³-hybridized carbons (Fsp3) is 0.600. The van der Waals surface area contributed by atoms with E-state index < -0.39 is 0 Å². The summed E-state index contributed by atoms with van der Waals surface area (Å²) in [6.07, 6.45) is 2.73. The van der Waals surface area contributed by atoms with Crippen LogP contribution in [0.3, 0.4) is 0 Å². The lowest BCUT2D eigenvalue weighted by Crippen LogP contribution is -2.46. The molecule has 2 heterocycles. The van der Waals surface area contributed by atoms with Crippen LogP contribution in [0.2, 0.25) is 0 Å². The minimum atomic E-state index is 0.693. The average molecular weight is 230 g/mol. The van der Waals surface area contributed by atoms with Crippen LogP contribution in [-0.2, 0) is 13.1 Å². The zero-order valence-electron chi connectivity index (χ0n) is 10.7. The molecule has 2 atom stereocenters. The van der Waals surface area contributed by atoms with E-state index in [-0.39, 0.29) is 0 Å². The van der Waals surface area contributed by atoms with Crippen LogP contribution in [0.4, 0.5) is 0 Å².